The highest BCUT2D eigenvalue weighted by atomic mass is 32.1. The van der Waals surface area contributed by atoms with Gasteiger partial charge in [-0.25, -0.2) is 4.79 Å². The van der Waals surface area contributed by atoms with Crippen LogP contribution in [0.4, 0.5) is 0 Å². The van der Waals surface area contributed by atoms with Crippen LogP contribution in [0.5, 0.6) is 0 Å². The molecule has 1 unspecified atom stereocenters. The van der Waals surface area contributed by atoms with Crippen molar-refractivity contribution >= 4 is 17.3 Å². The number of fused-ring (bicyclic) bond motifs is 3. The number of hydrogen-bond acceptors (Lipinski definition) is 4. The predicted molar refractivity (Wildman–Crippen MR) is 69.3 cm³/mol. The molecule has 1 aromatic carbocycles. The Bertz CT molecular complexity index is 588. The van der Waals surface area contributed by atoms with Crippen molar-refractivity contribution in [3.63, 3.8) is 0 Å². The molecule has 1 atom stereocenters. The average molecular weight is 260 g/mol. The third kappa shape index (κ3) is 1.74. The first-order valence-corrected chi connectivity index (χ1v) is 6.54. The summed E-state index contributed by atoms with van der Waals surface area (Å²) in [4.78, 5) is 12.7. The Morgan fingerprint density at radius 3 is 3.00 bits per heavy atom. The minimum Gasteiger partial charge on any atom is -0.467 e. The van der Waals surface area contributed by atoms with E-state index in [-0.39, 0.29) is 5.97 Å². The third-order valence-corrected chi connectivity index (χ3v) is 4.02. The molecule has 1 aliphatic heterocycles. The summed E-state index contributed by atoms with van der Waals surface area (Å²) in [5.41, 5.74) is 3.31. The van der Waals surface area contributed by atoms with Gasteiger partial charge in [0.1, 0.15) is 0 Å². The van der Waals surface area contributed by atoms with E-state index >= 15 is 0 Å². The van der Waals surface area contributed by atoms with Crippen molar-refractivity contribution in [1.29, 1.82) is 0 Å². The van der Waals surface area contributed by atoms with Crippen LogP contribution < -0.4 is 0 Å². The van der Waals surface area contributed by atoms with Crippen molar-refractivity contribution in [3.05, 3.63) is 46.2 Å². The second-order valence-corrected chi connectivity index (χ2v) is 5.02. The number of esters is 1. The van der Waals surface area contributed by atoms with Gasteiger partial charge in [-0.15, -0.1) is 11.3 Å². The zero-order valence-electron chi connectivity index (χ0n) is 9.88. The molecule has 0 radical (unpaired) electrons. The van der Waals surface area contributed by atoms with Gasteiger partial charge in [-0.1, -0.05) is 24.3 Å². The van der Waals surface area contributed by atoms with Gasteiger partial charge in [0.25, 0.3) is 0 Å². The number of rotatable bonds is 1. The lowest BCUT2D eigenvalue weighted by Gasteiger charge is -2.12. The molecule has 0 bridgehead atoms. The van der Waals surface area contributed by atoms with E-state index in [0.29, 0.717) is 6.61 Å². The van der Waals surface area contributed by atoms with Crippen LogP contribution in [0.25, 0.3) is 11.1 Å². The molecule has 2 aromatic rings. The smallest absolute Gasteiger partial charge is 0.340 e. The molecular formula is C14H12O3S. The van der Waals surface area contributed by atoms with Crippen LogP contribution in [0, 0.1) is 0 Å². The summed E-state index contributed by atoms with van der Waals surface area (Å²) in [5.74, 6) is -0.341. The van der Waals surface area contributed by atoms with Crippen LogP contribution in [0.1, 0.15) is 16.5 Å². The van der Waals surface area contributed by atoms with Gasteiger partial charge in [-0.05, 0) is 28.1 Å². The van der Waals surface area contributed by atoms with Gasteiger partial charge in [-0.3, -0.25) is 0 Å². The van der Waals surface area contributed by atoms with E-state index in [1.165, 1.54) is 18.4 Å². The first kappa shape index (κ1) is 11.4. The molecular weight excluding hydrogens is 248 g/mol. The minimum absolute atomic E-state index is 0.341. The minimum atomic E-state index is -0.614. The number of benzene rings is 1. The first-order valence-electron chi connectivity index (χ1n) is 5.66. The number of thiophene rings is 1. The van der Waals surface area contributed by atoms with Crippen LogP contribution in [0.3, 0.4) is 0 Å². The Morgan fingerprint density at radius 1 is 1.33 bits per heavy atom. The fourth-order valence-electron chi connectivity index (χ4n) is 2.19. The van der Waals surface area contributed by atoms with E-state index in [4.69, 9.17) is 9.47 Å². The van der Waals surface area contributed by atoms with Crippen molar-refractivity contribution in [3.8, 4) is 11.1 Å². The largest absolute Gasteiger partial charge is 0.467 e. The molecule has 0 spiro atoms. The molecule has 0 saturated carbocycles. The van der Waals surface area contributed by atoms with Crippen molar-refractivity contribution in [2.24, 2.45) is 0 Å². The van der Waals surface area contributed by atoms with Gasteiger partial charge in [-0.2, -0.15) is 0 Å². The zero-order valence-corrected chi connectivity index (χ0v) is 10.7. The Morgan fingerprint density at radius 2 is 2.17 bits per heavy atom. The summed E-state index contributed by atoms with van der Waals surface area (Å²) in [6, 6.07) is 10.1. The van der Waals surface area contributed by atoms with E-state index in [1.807, 2.05) is 29.6 Å². The maximum Gasteiger partial charge on any atom is 0.340 e. The van der Waals surface area contributed by atoms with Crippen molar-refractivity contribution in [1.82, 2.24) is 0 Å². The van der Waals surface area contributed by atoms with E-state index in [2.05, 4.69) is 6.07 Å². The van der Waals surface area contributed by atoms with Crippen molar-refractivity contribution < 1.29 is 14.3 Å². The number of ether oxygens (including phenoxy) is 2. The van der Waals surface area contributed by atoms with E-state index < -0.39 is 6.10 Å². The van der Waals surface area contributed by atoms with Gasteiger partial charge in [0.2, 0.25) is 0 Å². The monoisotopic (exact) mass is 260 g/mol. The van der Waals surface area contributed by atoms with E-state index in [9.17, 15) is 4.79 Å². The summed E-state index contributed by atoms with van der Waals surface area (Å²) in [7, 11) is 1.39. The molecule has 0 saturated heterocycles. The maximum atomic E-state index is 11.8. The fourth-order valence-corrected chi connectivity index (χ4v) is 3.13. The molecule has 3 rings (SSSR count). The second kappa shape index (κ2) is 4.55. The highest BCUT2D eigenvalue weighted by molar-refractivity contribution is 7.10. The lowest BCUT2D eigenvalue weighted by Crippen LogP contribution is -2.15. The number of hydrogen-bond donors (Lipinski definition) is 0. The van der Waals surface area contributed by atoms with Gasteiger partial charge >= 0.3 is 5.97 Å². The van der Waals surface area contributed by atoms with Crippen LogP contribution in [-0.2, 0) is 20.9 Å². The molecule has 0 aliphatic carbocycles. The molecule has 1 aromatic heterocycles. The molecule has 4 heteroatoms. The summed E-state index contributed by atoms with van der Waals surface area (Å²) >= 11 is 1.53. The summed E-state index contributed by atoms with van der Waals surface area (Å²) in [5, 5.41) is 1.98. The number of methoxy groups -OCH3 is 1. The average Bonchev–Trinajstić information content (AvgIpc) is 2.82. The molecule has 2 heterocycles. The first-order chi connectivity index (χ1) is 8.81. The number of carbonyl (C=O) groups is 1. The quantitative estimate of drug-likeness (QED) is 0.739. The third-order valence-electron chi connectivity index (χ3n) is 3.06. The Kier molecular flexibility index (Phi) is 2.89. The lowest BCUT2D eigenvalue weighted by atomic mass is 10.0. The molecule has 92 valence electrons. The van der Waals surface area contributed by atoms with Crippen LogP contribution in [-0.4, -0.2) is 13.1 Å². The van der Waals surface area contributed by atoms with Crippen LogP contribution in [0.2, 0.25) is 0 Å². The van der Waals surface area contributed by atoms with Gasteiger partial charge in [0.15, 0.2) is 6.10 Å². The summed E-state index contributed by atoms with van der Waals surface area (Å²) in [6.07, 6.45) is -0.614. The molecule has 0 fully saturated rings. The topological polar surface area (TPSA) is 35.5 Å². The molecule has 1 aliphatic rings. The van der Waals surface area contributed by atoms with Gasteiger partial charge < -0.3 is 9.47 Å². The van der Waals surface area contributed by atoms with Crippen molar-refractivity contribution in [2.45, 2.75) is 12.7 Å². The highest BCUT2D eigenvalue weighted by Gasteiger charge is 2.30. The molecule has 0 amide bonds. The lowest BCUT2D eigenvalue weighted by molar-refractivity contribution is -0.155. The summed E-state index contributed by atoms with van der Waals surface area (Å²) < 4.78 is 10.5. The Labute approximate surface area is 109 Å². The van der Waals surface area contributed by atoms with Gasteiger partial charge in [0.05, 0.1) is 18.6 Å². The van der Waals surface area contributed by atoms with Crippen LogP contribution in [0.15, 0.2) is 35.7 Å². The summed E-state index contributed by atoms with van der Waals surface area (Å²) in [6.45, 7) is 0.428. The number of carbonyl (C=O) groups excluding carboxylic acids is 1. The Balaban J connectivity index is 2.14. The molecule has 3 nitrogen and oxygen atoms in total. The highest BCUT2D eigenvalue weighted by Crippen LogP contribution is 2.40. The SMILES string of the molecule is COC(=O)C1OCc2ccccc2-c2ccsc21. The van der Waals surface area contributed by atoms with Crippen LogP contribution >= 0.6 is 11.3 Å². The van der Waals surface area contributed by atoms with E-state index in [1.54, 1.807) is 0 Å². The fraction of sp³-hybridized carbons (Fsp3) is 0.214. The standard InChI is InChI=1S/C14H12O3S/c1-16-14(15)12-13-11(6-7-18-13)10-5-3-2-4-9(10)8-17-12/h2-7,12H,8H2,1H3. The van der Waals surface area contributed by atoms with Crippen molar-refractivity contribution in [2.75, 3.05) is 7.11 Å². The molecule has 18 heavy (non-hydrogen) atoms. The molecule has 0 N–H and O–H groups in total. The van der Waals surface area contributed by atoms with E-state index in [0.717, 1.165) is 21.6 Å². The predicted octanol–water partition coefficient (Wildman–Crippen LogP) is 3.16. The maximum absolute atomic E-state index is 11.8. The Hall–Kier alpha value is -1.65. The van der Waals surface area contributed by atoms with Gasteiger partial charge in [0, 0.05) is 0 Å². The normalized spacial score (nSPS) is 17.5. The second-order valence-electron chi connectivity index (χ2n) is 4.07. The zero-order chi connectivity index (χ0) is 12.5.